The number of allylic oxidation sites excluding steroid dienone is 1. The van der Waals surface area contributed by atoms with Crippen LogP contribution >= 0.6 is 0 Å². The van der Waals surface area contributed by atoms with Crippen LogP contribution in [0.25, 0.3) is 6.08 Å². The molecule has 0 spiro atoms. The Hall–Kier alpha value is -2.19. The van der Waals surface area contributed by atoms with Crippen LogP contribution in [-0.2, 0) is 6.42 Å². The summed E-state index contributed by atoms with van der Waals surface area (Å²) in [6.07, 6.45) is 3.14. The number of nitrogens with zero attached hydrogens (tertiary/aromatic N) is 1. The van der Waals surface area contributed by atoms with Crippen molar-refractivity contribution in [1.29, 1.82) is 0 Å². The zero-order valence-electron chi connectivity index (χ0n) is 10.7. The molecule has 0 aliphatic heterocycles. The summed E-state index contributed by atoms with van der Waals surface area (Å²) in [6.45, 7) is 0.329. The Kier molecular flexibility index (Phi) is 3.25. The van der Waals surface area contributed by atoms with Gasteiger partial charge in [0.2, 0.25) is 0 Å². The third-order valence-electron chi connectivity index (χ3n) is 3.35. The van der Waals surface area contributed by atoms with Crippen LogP contribution in [0.1, 0.15) is 16.7 Å². The van der Waals surface area contributed by atoms with Crippen LogP contribution in [0.3, 0.4) is 0 Å². The van der Waals surface area contributed by atoms with Crippen LogP contribution in [0.5, 0.6) is 0 Å². The number of benzene rings is 2. The Morgan fingerprint density at radius 2 is 1.74 bits per heavy atom. The molecule has 2 heteroatoms. The van der Waals surface area contributed by atoms with Gasteiger partial charge in [-0.15, -0.1) is 0 Å². The van der Waals surface area contributed by atoms with Crippen molar-refractivity contribution in [3.63, 3.8) is 0 Å². The lowest BCUT2D eigenvalue weighted by atomic mass is 10.1. The maximum absolute atomic E-state index is 5.61. The van der Waals surface area contributed by atoms with Gasteiger partial charge in [-0.1, -0.05) is 54.6 Å². The summed E-state index contributed by atoms with van der Waals surface area (Å²) in [6, 6.07) is 18.7. The van der Waals surface area contributed by atoms with Gasteiger partial charge in [0, 0.05) is 12.0 Å². The molecule has 2 N–H and O–H groups in total. The van der Waals surface area contributed by atoms with Gasteiger partial charge in [-0.2, -0.15) is 0 Å². The van der Waals surface area contributed by atoms with Crippen molar-refractivity contribution >= 4 is 11.8 Å². The molecule has 2 aromatic rings. The van der Waals surface area contributed by atoms with Gasteiger partial charge in [0.1, 0.15) is 0 Å². The summed E-state index contributed by atoms with van der Waals surface area (Å²) >= 11 is 0. The van der Waals surface area contributed by atoms with Gasteiger partial charge in [0.25, 0.3) is 0 Å². The molecule has 0 bridgehead atoms. The van der Waals surface area contributed by atoms with E-state index < -0.39 is 0 Å². The van der Waals surface area contributed by atoms with Gasteiger partial charge in [0.05, 0.1) is 12.4 Å². The second kappa shape index (κ2) is 5.21. The predicted molar refractivity (Wildman–Crippen MR) is 80.2 cm³/mol. The fourth-order valence-electron chi connectivity index (χ4n) is 2.52. The topological polar surface area (TPSA) is 38.4 Å². The molecule has 0 saturated heterocycles. The van der Waals surface area contributed by atoms with Crippen molar-refractivity contribution in [3.05, 3.63) is 76.9 Å². The Morgan fingerprint density at radius 3 is 2.53 bits per heavy atom. The third kappa shape index (κ3) is 2.35. The SMILES string of the molecule is NC/N=C1\C(=C/c2ccccc2)Cc2ccccc21. The van der Waals surface area contributed by atoms with Crippen LogP contribution in [0.2, 0.25) is 0 Å². The van der Waals surface area contributed by atoms with Crippen LogP contribution in [0, 0.1) is 0 Å². The van der Waals surface area contributed by atoms with E-state index in [9.17, 15) is 0 Å². The molecule has 0 saturated carbocycles. The summed E-state index contributed by atoms with van der Waals surface area (Å²) in [5, 5.41) is 0. The van der Waals surface area contributed by atoms with E-state index in [1.807, 2.05) is 18.2 Å². The average molecular weight is 248 g/mol. The van der Waals surface area contributed by atoms with E-state index in [-0.39, 0.29) is 0 Å². The molecule has 3 rings (SSSR count). The molecule has 0 heterocycles. The fraction of sp³-hybridized carbons (Fsp3) is 0.118. The molecule has 2 nitrogen and oxygen atoms in total. The van der Waals surface area contributed by atoms with Crippen LogP contribution in [0.4, 0.5) is 0 Å². The molecule has 1 aliphatic rings. The Morgan fingerprint density at radius 1 is 1.00 bits per heavy atom. The molecular formula is C17H16N2. The van der Waals surface area contributed by atoms with Crippen LogP contribution < -0.4 is 5.73 Å². The Balaban J connectivity index is 2.05. The summed E-state index contributed by atoms with van der Waals surface area (Å²) in [4.78, 5) is 4.47. The number of nitrogens with two attached hydrogens (primary N) is 1. The highest BCUT2D eigenvalue weighted by Crippen LogP contribution is 2.28. The number of hydrogen-bond acceptors (Lipinski definition) is 2. The van der Waals surface area contributed by atoms with E-state index in [1.165, 1.54) is 22.3 Å². The second-order valence-corrected chi connectivity index (χ2v) is 4.60. The molecule has 0 atom stereocenters. The Labute approximate surface area is 113 Å². The highest BCUT2D eigenvalue weighted by atomic mass is 14.9. The quantitative estimate of drug-likeness (QED) is 0.871. The van der Waals surface area contributed by atoms with Crippen molar-refractivity contribution in [1.82, 2.24) is 0 Å². The first kappa shape index (κ1) is 11.9. The predicted octanol–water partition coefficient (Wildman–Crippen LogP) is 3.03. The van der Waals surface area contributed by atoms with Crippen molar-refractivity contribution in [2.45, 2.75) is 6.42 Å². The van der Waals surface area contributed by atoms with E-state index >= 15 is 0 Å². The molecule has 0 fully saturated rings. The Bertz CT molecular complexity index is 639. The smallest absolute Gasteiger partial charge is 0.0867 e. The standard InChI is InChI=1S/C17H16N2/c18-12-19-17-15(10-13-6-2-1-3-7-13)11-14-8-4-5-9-16(14)17/h1-10H,11-12,18H2/b15-10-,19-17+. The lowest BCUT2D eigenvalue weighted by Gasteiger charge is -2.01. The van der Waals surface area contributed by atoms with Crippen LogP contribution in [-0.4, -0.2) is 12.4 Å². The molecule has 0 radical (unpaired) electrons. The summed E-state index contributed by atoms with van der Waals surface area (Å²) in [7, 11) is 0. The summed E-state index contributed by atoms with van der Waals surface area (Å²) < 4.78 is 0. The number of rotatable bonds is 2. The number of hydrogen-bond donors (Lipinski definition) is 1. The first-order chi connectivity index (χ1) is 9.38. The van der Waals surface area contributed by atoms with E-state index in [4.69, 9.17) is 5.73 Å². The third-order valence-corrected chi connectivity index (χ3v) is 3.35. The molecule has 0 aromatic heterocycles. The molecule has 19 heavy (non-hydrogen) atoms. The van der Waals surface area contributed by atoms with Crippen molar-refractivity contribution < 1.29 is 0 Å². The van der Waals surface area contributed by atoms with Gasteiger partial charge in [-0.25, -0.2) is 0 Å². The second-order valence-electron chi connectivity index (χ2n) is 4.60. The zero-order chi connectivity index (χ0) is 13.1. The minimum atomic E-state index is 0.329. The molecule has 0 unspecified atom stereocenters. The highest BCUT2D eigenvalue weighted by Gasteiger charge is 2.21. The lowest BCUT2D eigenvalue weighted by molar-refractivity contribution is 1.07. The average Bonchev–Trinajstić information content (AvgIpc) is 2.79. The maximum atomic E-state index is 5.61. The number of aliphatic imine (C=N–C) groups is 1. The largest absolute Gasteiger partial charge is 0.312 e. The molecule has 94 valence electrons. The van der Waals surface area contributed by atoms with Crippen molar-refractivity contribution in [2.24, 2.45) is 10.7 Å². The van der Waals surface area contributed by atoms with E-state index in [1.54, 1.807) is 0 Å². The fourth-order valence-corrected chi connectivity index (χ4v) is 2.52. The molecule has 1 aliphatic carbocycles. The first-order valence-corrected chi connectivity index (χ1v) is 6.47. The summed E-state index contributed by atoms with van der Waals surface area (Å²) in [5.41, 5.74) is 11.6. The summed E-state index contributed by atoms with van der Waals surface area (Å²) in [5.74, 6) is 0. The van der Waals surface area contributed by atoms with Crippen molar-refractivity contribution in [2.75, 3.05) is 6.67 Å². The molecule has 0 amide bonds. The van der Waals surface area contributed by atoms with Gasteiger partial charge in [-0.3, -0.25) is 4.99 Å². The van der Waals surface area contributed by atoms with Gasteiger partial charge in [0.15, 0.2) is 0 Å². The monoisotopic (exact) mass is 248 g/mol. The van der Waals surface area contributed by atoms with E-state index in [0.717, 1.165) is 12.1 Å². The number of fused-ring (bicyclic) bond motifs is 1. The van der Waals surface area contributed by atoms with E-state index in [2.05, 4.69) is 47.5 Å². The maximum Gasteiger partial charge on any atom is 0.0867 e. The zero-order valence-corrected chi connectivity index (χ0v) is 10.7. The van der Waals surface area contributed by atoms with Gasteiger partial charge < -0.3 is 5.73 Å². The van der Waals surface area contributed by atoms with Gasteiger partial charge >= 0.3 is 0 Å². The van der Waals surface area contributed by atoms with Crippen molar-refractivity contribution in [3.8, 4) is 0 Å². The van der Waals surface area contributed by atoms with E-state index in [0.29, 0.717) is 6.67 Å². The highest BCUT2D eigenvalue weighted by molar-refractivity contribution is 6.18. The van der Waals surface area contributed by atoms with Gasteiger partial charge in [-0.05, 0) is 22.8 Å². The van der Waals surface area contributed by atoms with Crippen LogP contribution in [0.15, 0.2) is 65.2 Å². The minimum absolute atomic E-state index is 0.329. The minimum Gasteiger partial charge on any atom is -0.312 e. The first-order valence-electron chi connectivity index (χ1n) is 6.47. The lowest BCUT2D eigenvalue weighted by Crippen LogP contribution is -2.04. The molecule has 2 aromatic carbocycles. The molecular weight excluding hydrogens is 232 g/mol. The normalized spacial score (nSPS) is 17.9.